The maximum Gasteiger partial charge on any atom is 0.335 e. The Balaban J connectivity index is -0.000000587. The van der Waals surface area contributed by atoms with Gasteiger partial charge >= 0.3 is 12.0 Å². The summed E-state index contributed by atoms with van der Waals surface area (Å²) < 4.78 is 5.39. The molecule has 0 radical (unpaired) electrons. The monoisotopic (exact) mass is 600 g/mol. The number of carbonyl (C=O) groups is 3. The number of hydrogen-bond donors (Lipinski definition) is 2. The van der Waals surface area contributed by atoms with Crippen LogP contribution in [0.4, 0.5) is 4.79 Å². The fourth-order valence-corrected chi connectivity index (χ4v) is 2.97. The van der Waals surface area contributed by atoms with Crippen LogP contribution in [0.3, 0.4) is 0 Å². The van der Waals surface area contributed by atoms with Gasteiger partial charge in [0.2, 0.25) is 0 Å². The average Bonchev–Trinajstić information content (AvgIpc) is 3.24. The number of carboxylic acids is 1. The lowest BCUT2D eigenvalue weighted by molar-refractivity contribution is -0.164. The first kappa shape index (κ1) is 43.7. The molecule has 0 bridgehead atoms. The average molecular weight is 601 g/mol. The lowest BCUT2D eigenvalue weighted by atomic mass is 10.1. The van der Waals surface area contributed by atoms with Crippen LogP contribution in [0.2, 0.25) is 0 Å². The fraction of sp³-hybridized carbons (Fsp3) is 0.457. The van der Waals surface area contributed by atoms with E-state index >= 15 is 0 Å². The smallest absolute Gasteiger partial charge is 0.335 e. The first-order valence-electron chi connectivity index (χ1n) is 14.7. The Bertz CT molecular complexity index is 1010. The van der Waals surface area contributed by atoms with E-state index in [1.54, 1.807) is 17.9 Å². The van der Waals surface area contributed by atoms with Crippen LogP contribution in [0.15, 0.2) is 91.6 Å². The van der Waals surface area contributed by atoms with Crippen molar-refractivity contribution in [2.45, 2.75) is 87.0 Å². The molecule has 1 heterocycles. The Morgan fingerprint density at radius 2 is 1.67 bits per heavy atom. The Morgan fingerprint density at radius 3 is 2.12 bits per heavy atom. The summed E-state index contributed by atoms with van der Waals surface area (Å²) >= 11 is 0. The Kier molecular flexibility index (Phi) is 27.5. The largest absolute Gasteiger partial charge is 0.479 e. The third kappa shape index (κ3) is 21.6. The first-order chi connectivity index (χ1) is 20.3. The molecule has 2 N–H and O–H groups in total. The van der Waals surface area contributed by atoms with Crippen molar-refractivity contribution in [1.82, 2.24) is 9.80 Å². The molecule has 0 aromatic heterocycles. The van der Waals surface area contributed by atoms with Crippen LogP contribution in [0, 0.1) is 0 Å². The van der Waals surface area contributed by atoms with E-state index in [9.17, 15) is 14.4 Å². The summed E-state index contributed by atoms with van der Waals surface area (Å²) in [6, 6.07) is 9.33. The van der Waals surface area contributed by atoms with E-state index in [1.807, 2.05) is 101 Å². The molecule has 1 aromatic carbocycles. The molecule has 2 rings (SSSR count). The van der Waals surface area contributed by atoms with E-state index in [2.05, 4.69) is 20.1 Å². The van der Waals surface area contributed by atoms with Gasteiger partial charge in [-0.25, -0.2) is 9.59 Å². The number of aliphatic hydroxyl groups excluding tert-OH is 1. The van der Waals surface area contributed by atoms with E-state index in [1.165, 1.54) is 18.7 Å². The van der Waals surface area contributed by atoms with Gasteiger partial charge in [-0.2, -0.15) is 0 Å². The molecule has 0 aliphatic carbocycles. The Labute approximate surface area is 260 Å². The van der Waals surface area contributed by atoms with Gasteiger partial charge in [-0.1, -0.05) is 106 Å². The van der Waals surface area contributed by atoms with E-state index in [0.29, 0.717) is 13.1 Å². The number of aliphatic hydroxyl groups is 1. The van der Waals surface area contributed by atoms with Crippen molar-refractivity contribution in [1.29, 1.82) is 0 Å². The lowest BCUT2D eigenvalue weighted by Crippen LogP contribution is -2.37. The van der Waals surface area contributed by atoms with Crippen molar-refractivity contribution in [2.75, 3.05) is 19.7 Å². The van der Waals surface area contributed by atoms with Crippen molar-refractivity contribution < 1.29 is 29.3 Å². The predicted molar refractivity (Wildman–Crippen MR) is 179 cm³/mol. The topological polar surface area (TPSA) is 107 Å². The number of aliphatic carboxylic acids is 1. The molecular weight excluding hydrogens is 544 g/mol. The number of amides is 3. The summed E-state index contributed by atoms with van der Waals surface area (Å²) in [5.41, 5.74) is 0.838. The molecular formula is C35H56N2O6. The Hall–Kier alpha value is -3.75. The van der Waals surface area contributed by atoms with Crippen molar-refractivity contribution in [3.05, 3.63) is 97.2 Å². The van der Waals surface area contributed by atoms with Crippen molar-refractivity contribution in [3.8, 4) is 0 Å². The number of carbonyl (C=O) groups excluding carboxylic acids is 2. The van der Waals surface area contributed by atoms with Crippen LogP contribution in [-0.2, 0) is 20.9 Å². The van der Waals surface area contributed by atoms with E-state index in [-0.39, 0.29) is 31.2 Å². The van der Waals surface area contributed by atoms with Crippen LogP contribution >= 0.6 is 0 Å². The Morgan fingerprint density at radius 1 is 1.14 bits per heavy atom. The van der Waals surface area contributed by atoms with Crippen molar-refractivity contribution in [3.63, 3.8) is 0 Å². The highest BCUT2D eigenvalue weighted by Gasteiger charge is 2.35. The molecule has 3 amide bonds. The zero-order valence-corrected chi connectivity index (χ0v) is 27.9. The quantitative estimate of drug-likeness (QED) is 0.154. The molecule has 1 aliphatic heterocycles. The summed E-state index contributed by atoms with van der Waals surface area (Å²) in [4.78, 5) is 37.5. The highest BCUT2D eigenvalue weighted by Crippen LogP contribution is 2.15. The molecule has 1 saturated heterocycles. The van der Waals surface area contributed by atoms with Crippen LogP contribution in [0.25, 0.3) is 0 Å². The molecule has 0 saturated carbocycles. The molecule has 8 heteroatoms. The summed E-state index contributed by atoms with van der Waals surface area (Å²) in [7, 11) is 0. The number of nitrogens with zero attached hydrogens (tertiary/aromatic N) is 2. The normalized spacial score (nSPS) is 13.5. The number of hydrogen-bond acceptors (Lipinski definition) is 5. The van der Waals surface area contributed by atoms with Gasteiger partial charge in [-0.15, -0.1) is 6.58 Å². The number of imide groups is 1. The maximum atomic E-state index is 12.0. The summed E-state index contributed by atoms with van der Waals surface area (Å²) in [6.07, 6.45) is 13.7. The zero-order chi connectivity index (χ0) is 33.8. The predicted octanol–water partition coefficient (Wildman–Crippen LogP) is 7.58. The number of urea groups is 1. The minimum Gasteiger partial charge on any atom is -0.479 e. The van der Waals surface area contributed by atoms with E-state index in [0.717, 1.165) is 17.6 Å². The van der Waals surface area contributed by atoms with Gasteiger partial charge < -0.3 is 19.8 Å². The molecule has 0 spiro atoms. The molecule has 1 aromatic rings. The van der Waals surface area contributed by atoms with Crippen LogP contribution in [0.5, 0.6) is 0 Å². The zero-order valence-electron chi connectivity index (χ0n) is 27.9. The van der Waals surface area contributed by atoms with Crippen molar-refractivity contribution in [2.24, 2.45) is 0 Å². The summed E-state index contributed by atoms with van der Waals surface area (Å²) in [5.74, 6) is -1.10. The molecule has 43 heavy (non-hydrogen) atoms. The molecule has 8 nitrogen and oxygen atoms in total. The molecule has 1 aliphatic rings. The van der Waals surface area contributed by atoms with Crippen LogP contribution in [-0.4, -0.2) is 69.3 Å². The summed E-state index contributed by atoms with van der Waals surface area (Å²) in [5, 5.41) is 16.4. The highest BCUT2D eigenvalue weighted by molar-refractivity contribution is 6.02. The second kappa shape index (κ2) is 27.1. The van der Waals surface area contributed by atoms with Crippen LogP contribution in [0.1, 0.15) is 74.3 Å². The second-order valence-corrected chi connectivity index (χ2v) is 9.35. The summed E-state index contributed by atoms with van der Waals surface area (Å²) in [6.45, 7) is 24.8. The third-order valence-corrected chi connectivity index (χ3v) is 5.17. The lowest BCUT2D eigenvalue weighted by Gasteiger charge is -2.23. The fourth-order valence-electron chi connectivity index (χ4n) is 2.97. The van der Waals surface area contributed by atoms with Gasteiger partial charge in [0, 0.05) is 13.2 Å². The third-order valence-electron chi connectivity index (χ3n) is 5.17. The van der Waals surface area contributed by atoms with Gasteiger partial charge in [-0.05, 0) is 53.5 Å². The number of allylic oxidation sites excluding steroid dienone is 6. The number of ether oxygens (including phenoxy) is 1. The van der Waals surface area contributed by atoms with Crippen LogP contribution < -0.4 is 0 Å². The van der Waals surface area contributed by atoms with Gasteiger partial charge in [0.1, 0.15) is 6.54 Å². The van der Waals surface area contributed by atoms with E-state index < -0.39 is 11.6 Å². The number of carboxylic acid groups (broad SMARTS) is 1. The molecule has 1 atom stereocenters. The van der Waals surface area contributed by atoms with Crippen molar-refractivity contribution >= 4 is 17.9 Å². The van der Waals surface area contributed by atoms with Gasteiger partial charge in [0.05, 0.1) is 12.6 Å². The first-order valence-corrected chi connectivity index (χ1v) is 14.7. The standard InChI is InChI=1S/C14H16N2O2.C13H20O3.C4H8.C2H6O.C2H6/c1-2-3-9-15-11-13(17)16(14(15)18)10-12-7-5-4-6-8-12;1-6-7-10(2)8-9-11(3)16-13(4,5)12(14)15;1-3-4-2;1-2-3;1-2/h2-8H,9-11H2,1H3;6-9,11H,1H2,2-5H3,(H,14,15);3H,1,4H2,2H3;3H,2H2,1H3;1-2H3/b3-2+;9-8-,10-7-;;;. The molecule has 242 valence electrons. The highest BCUT2D eigenvalue weighted by atomic mass is 16.5. The second-order valence-electron chi connectivity index (χ2n) is 9.35. The molecule has 1 fully saturated rings. The minimum absolute atomic E-state index is 0.131. The number of benzene rings is 1. The van der Waals surface area contributed by atoms with E-state index in [4.69, 9.17) is 14.9 Å². The maximum absolute atomic E-state index is 12.0. The SMILES string of the molecule is C/C=C/CN1CC(=O)N(Cc2ccccc2)C1=O.C=C/C=C(C)\C=C/C(C)OC(C)(C)C(=O)O.C=CCC.CC.CCO. The van der Waals surface area contributed by atoms with Gasteiger partial charge in [0.25, 0.3) is 5.91 Å². The van der Waals surface area contributed by atoms with Gasteiger partial charge in [0.15, 0.2) is 5.60 Å². The minimum atomic E-state index is -1.17. The van der Waals surface area contributed by atoms with Gasteiger partial charge in [-0.3, -0.25) is 9.69 Å². The molecule has 1 unspecified atom stereocenters. The number of rotatable bonds is 11.